The van der Waals surface area contributed by atoms with Crippen molar-refractivity contribution in [3.05, 3.63) is 75.6 Å². The Labute approximate surface area is 176 Å². The number of pyridine rings is 2. The Hall–Kier alpha value is -2.54. The summed E-state index contributed by atoms with van der Waals surface area (Å²) in [6.07, 6.45) is 2.24. The van der Waals surface area contributed by atoms with E-state index in [2.05, 4.69) is 16.0 Å². The molecule has 1 aromatic carbocycles. The molecule has 0 aliphatic carbocycles. The van der Waals surface area contributed by atoms with Crippen molar-refractivity contribution < 1.29 is 9.50 Å². The molecule has 0 aliphatic heterocycles. The first-order valence-electron chi connectivity index (χ1n) is 9.15. The summed E-state index contributed by atoms with van der Waals surface area (Å²) in [4.78, 5) is 9.69. The molecule has 0 unspecified atom stereocenters. The summed E-state index contributed by atoms with van der Waals surface area (Å²) in [6, 6.07) is 13.3. The molecule has 4 rings (SSSR count). The smallest absolute Gasteiger partial charge is 0.166 e. The number of nitrogens with zero attached hydrogens (tertiary/aromatic N) is 2. The second-order valence-corrected chi connectivity index (χ2v) is 8.50. The third-order valence-corrected chi connectivity index (χ3v) is 6.38. The normalized spacial score (nSPS) is 12.4. The molecular formula is C22H19ClFN3OS. The Morgan fingerprint density at radius 2 is 2.07 bits per heavy atom. The maximum absolute atomic E-state index is 13.5. The SMILES string of the molecule is C[C@H](CO)c1ccnc(-c2cccc3cc(Cc4nc(N)c(F)cc4Cl)sc23)c1. The quantitative estimate of drug-likeness (QED) is 0.446. The predicted octanol–water partition coefficient (Wildman–Crippen LogP) is 5.42. The maximum atomic E-state index is 13.5. The molecule has 29 heavy (non-hydrogen) atoms. The molecule has 3 aromatic heterocycles. The Bertz CT molecular complexity index is 1190. The van der Waals surface area contributed by atoms with Crippen LogP contribution in [0.3, 0.4) is 0 Å². The summed E-state index contributed by atoms with van der Waals surface area (Å²) >= 11 is 7.78. The van der Waals surface area contributed by atoms with Crippen molar-refractivity contribution in [1.29, 1.82) is 0 Å². The maximum Gasteiger partial charge on any atom is 0.166 e. The lowest BCUT2D eigenvalue weighted by molar-refractivity contribution is 0.273. The van der Waals surface area contributed by atoms with Crippen LogP contribution >= 0.6 is 22.9 Å². The van der Waals surface area contributed by atoms with Crippen molar-refractivity contribution in [3.8, 4) is 11.3 Å². The molecule has 0 saturated heterocycles. The average Bonchev–Trinajstić information content (AvgIpc) is 3.14. The fourth-order valence-corrected chi connectivity index (χ4v) is 4.61. The van der Waals surface area contributed by atoms with Gasteiger partial charge in [0.15, 0.2) is 11.6 Å². The van der Waals surface area contributed by atoms with Crippen molar-refractivity contribution in [2.75, 3.05) is 12.3 Å². The topological polar surface area (TPSA) is 72.0 Å². The van der Waals surface area contributed by atoms with Gasteiger partial charge in [-0.3, -0.25) is 4.98 Å². The van der Waals surface area contributed by atoms with Crippen molar-refractivity contribution in [2.24, 2.45) is 0 Å². The molecule has 0 radical (unpaired) electrons. The van der Waals surface area contributed by atoms with Crippen LogP contribution in [-0.4, -0.2) is 21.7 Å². The summed E-state index contributed by atoms with van der Waals surface area (Å²) < 4.78 is 14.6. The minimum Gasteiger partial charge on any atom is -0.396 e. The van der Waals surface area contributed by atoms with E-state index in [1.165, 1.54) is 6.07 Å². The third kappa shape index (κ3) is 3.96. The number of aliphatic hydroxyl groups excluding tert-OH is 1. The Morgan fingerprint density at radius 3 is 2.86 bits per heavy atom. The van der Waals surface area contributed by atoms with Gasteiger partial charge in [0, 0.05) is 40.3 Å². The van der Waals surface area contributed by atoms with E-state index in [9.17, 15) is 9.50 Å². The van der Waals surface area contributed by atoms with E-state index >= 15 is 0 Å². The number of rotatable bonds is 5. The molecule has 7 heteroatoms. The lowest BCUT2D eigenvalue weighted by Crippen LogP contribution is -2.00. The molecule has 3 heterocycles. The highest BCUT2D eigenvalue weighted by Crippen LogP contribution is 2.36. The van der Waals surface area contributed by atoms with Crippen LogP contribution in [0.15, 0.2) is 48.7 Å². The molecule has 0 bridgehead atoms. The van der Waals surface area contributed by atoms with E-state index in [1.807, 2.05) is 37.3 Å². The van der Waals surface area contributed by atoms with Crippen LogP contribution in [0, 0.1) is 5.82 Å². The zero-order valence-corrected chi connectivity index (χ0v) is 17.3. The van der Waals surface area contributed by atoms with Crippen LogP contribution < -0.4 is 5.73 Å². The molecule has 0 fully saturated rings. The highest BCUT2D eigenvalue weighted by atomic mass is 35.5. The number of benzene rings is 1. The van der Waals surface area contributed by atoms with Gasteiger partial charge in [-0.1, -0.05) is 36.7 Å². The van der Waals surface area contributed by atoms with Crippen molar-refractivity contribution in [3.63, 3.8) is 0 Å². The van der Waals surface area contributed by atoms with Crippen LogP contribution in [0.1, 0.15) is 29.0 Å². The zero-order chi connectivity index (χ0) is 20.5. The summed E-state index contributed by atoms with van der Waals surface area (Å²) in [5, 5.41) is 10.8. The second kappa shape index (κ2) is 8.06. The molecule has 0 saturated carbocycles. The fourth-order valence-electron chi connectivity index (χ4n) is 3.22. The van der Waals surface area contributed by atoms with Gasteiger partial charge in [0.05, 0.1) is 16.4 Å². The Balaban J connectivity index is 1.74. The highest BCUT2D eigenvalue weighted by Gasteiger charge is 2.14. The zero-order valence-electron chi connectivity index (χ0n) is 15.7. The van der Waals surface area contributed by atoms with Gasteiger partial charge in [0.25, 0.3) is 0 Å². The van der Waals surface area contributed by atoms with E-state index in [4.69, 9.17) is 17.3 Å². The fraction of sp³-hybridized carbons (Fsp3) is 0.182. The van der Waals surface area contributed by atoms with Gasteiger partial charge in [-0.15, -0.1) is 11.3 Å². The standard InChI is InChI=1S/C22H19ClFN3OS/c1-12(11-28)13-5-6-26-19(8-13)16-4-2-3-14-7-15(29-21(14)16)9-20-17(23)10-18(24)22(25)27-20/h2-8,10,12,28H,9,11H2,1H3,(H2,25,27)/t12-/m1/s1. The number of nitrogens with two attached hydrogens (primary N) is 1. The van der Waals surface area contributed by atoms with Gasteiger partial charge in [-0.2, -0.15) is 0 Å². The van der Waals surface area contributed by atoms with Crippen LogP contribution in [0.2, 0.25) is 5.02 Å². The van der Waals surface area contributed by atoms with Crippen LogP contribution in [0.4, 0.5) is 10.2 Å². The van der Waals surface area contributed by atoms with E-state index in [-0.39, 0.29) is 23.4 Å². The van der Waals surface area contributed by atoms with Gasteiger partial charge in [-0.05, 0) is 35.2 Å². The molecule has 4 nitrogen and oxygen atoms in total. The predicted molar refractivity (Wildman–Crippen MR) is 117 cm³/mol. The summed E-state index contributed by atoms with van der Waals surface area (Å²) in [5.74, 6) is -0.711. The number of halogens is 2. The number of nitrogen functional groups attached to an aromatic ring is 1. The number of hydrogen-bond donors (Lipinski definition) is 2. The Kier molecular flexibility index (Phi) is 5.50. The highest BCUT2D eigenvalue weighted by molar-refractivity contribution is 7.19. The molecule has 3 N–H and O–H groups in total. The minimum absolute atomic E-state index is 0.0481. The third-order valence-electron chi connectivity index (χ3n) is 4.87. The minimum atomic E-state index is -0.611. The summed E-state index contributed by atoms with van der Waals surface area (Å²) in [7, 11) is 0. The number of anilines is 1. The van der Waals surface area contributed by atoms with Gasteiger partial charge in [0.2, 0.25) is 0 Å². The second-order valence-electron chi connectivity index (χ2n) is 6.96. The largest absolute Gasteiger partial charge is 0.396 e. The van der Waals surface area contributed by atoms with E-state index < -0.39 is 5.82 Å². The van der Waals surface area contributed by atoms with Crippen LogP contribution in [-0.2, 0) is 6.42 Å². The van der Waals surface area contributed by atoms with Gasteiger partial charge in [-0.25, -0.2) is 9.37 Å². The summed E-state index contributed by atoms with van der Waals surface area (Å²) in [6.45, 7) is 2.07. The molecule has 0 aliphatic rings. The monoisotopic (exact) mass is 427 g/mol. The van der Waals surface area contributed by atoms with Gasteiger partial charge < -0.3 is 10.8 Å². The van der Waals surface area contributed by atoms with Crippen molar-refractivity contribution in [2.45, 2.75) is 19.3 Å². The first kappa shape index (κ1) is 19.8. The molecule has 0 spiro atoms. The van der Waals surface area contributed by atoms with Crippen LogP contribution in [0.5, 0.6) is 0 Å². The number of thiophene rings is 1. The molecule has 0 amide bonds. The first-order valence-corrected chi connectivity index (χ1v) is 10.3. The van der Waals surface area contributed by atoms with E-state index in [0.29, 0.717) is 12.1 Å². The summed E-state index contributed by atoms with van der Waals surface area (Å²) in [5.41, 5.74) is 9.09. The molecular weight excluding hydrogens is 409 g/mol. The number of hydrogen-bond acceptors (Lipinski definition) is 5. The van der Waals surface area contributed by atoms with E-state index in [0.717, 1.165) is 31.8 Å². The number of fused-ring (bicyclic) bond motifs is 1. The number of aromatic nitrogens is 2. The van der Waals surface area contributed by atoms with Crippen LogP contribution in [0.25, 0.3) is 21.3 Å². The lowest BCUT2D eigenvalue weighted by Gasteiger charge is -2.10. The molecule has 1 atom stereocenters. The Morgan fingerprint density at radius 1 is 1.24 bits per heavy atom. The van der Waals surface area contributed by atoms with E-state index in [1.54, 1.807) is 17.5 Å². The van der Waals surface area contributed by atoms with Crippen molar-refractivity contribution in [1.82, 2.24) is 9.97 Å². The number of aliphatic hydroxyl groups is 1. The molecule has 148 valence electrons. The lowest BCUT2D eigenvalue weighted by atomic mass is 10.0. The van der Waals surface area contributed by atoms with Crippen molar-refractivity contribution >= 4 is 38.8 Å². The molecule has 4 aromatic rings. The van der Waals surface area contributed by atoms with Gasteiger partial charge >= 0.3 is 0 Å². The average molecular weight is 428 g/mol. The first-order chi connectivity index (χ1) is 14.0. The van der Waals surface area contributed by atoms with Gasteiger partial charge in [0.1, 0.15) is 0 Å².